The van der Waals surface area contributed by atoms with Crippen molar-refractivity contribution in [3.63, 3.8) is 0 Å². The van der Waals surface area contributed by atoms with Crippen molar-refractivity contribution < 1.29 is 14.3 Å². The lowest BCUT2D eigenvalue weighted by Gasteiger charge is -2.30. The number of nitrogens with zero attached hydrogens (tertiary/aromatic N) is 1. The standard InChI is InChI=1S/C23H28N2O3/c1-17-11-14-25(15-12-17)23(27)20-5-3-4-19(16-20)22(26)24-13-10-18-6-8-21(28-2)9-7-18/h3-9,16-17H,10-15H2,1-2H3,(H,24,26). The van der Waals surface area contributed by atoms with E-state index in [4.69, 9.17) is 4.74 Å². The van der Waals surface area contributed by atoms with Crippen LogP contribution in [0, 0.1) is 5.92 Å². The van der Waals surface area contributed by atoms with Gasteiger partial charge in [0.1, 0.15) is 5.75 Å². The van der Waals surface area contributed by atoms with Crippen LogP contribution in [0.2, 0.25) is 0 Å². The van der Waals surface area contributed by atoms with Gasteiger partial charge in [-0.15, -0.1) is 0 Å². The predicted molar refractivity (Wildman–Crippen MR) is 110 cm³/mol. The molecule has 1 saturated heterocycles. The Morgan fingerprint density at radius 3 is 2.43 bits per heavy atom. The molecule has 148 valence electrons. The van der Waals surface area contributed by atoms with Gasteiger partial charge in [0, 0.05) is 30.8 Å². The molecule has 0 aromatic heterocycles. The molecule has 0 atom stereocenters. The summed E-state index contributed by atoms with van der Waals surface area (Å²) in [7, 11) is 1.64. The highest BCUT2D eigenvalue weighted by Crippen LogP contribution is 2.18. The third kappa shape index (κ3) is 5.12. The Balaban J connectivity index is 1.55. The van der Waals surface area contributed by atoms with Gasteiger partial charge in [-0.2, -0.15) is 0 Å². The van der Waals surface area contributed by atoms with Gasteiger partial charge in [-0.05, 0) is 61.1 Å². The highest BCUT2D eigenvalue weighted by molar-refractivity contribution is 5.99. The van der Waals surface area contributed by atoms with Crippen LogP contribution in [0.15, 0.2) is 48.5 Å². The number of amides is 2. The zero-order chi connectivity index (χ0) is 19.9. The van der Waals surface area contributed by atoms with Crippen molar-refractivity contribution in [2.75, 3.05) is 26.7 Å². The molecule has 2 amide bonds. The van der Waals surface area contributed by atoms with E-state index in [1.807, 2.05) is 29.2 Å². The van der Waals surface area contributed by atoms with E-state index < -0.39 is 0 Å². The number of ether oxygens (including phenoxy) is 1. The highest BCUT2D eigenvalue weighted by Gasteiger charge is 2.22. The predicted octanol–water partition coefficient (Wildman–Crippen LogP) is 3.54. The van der Waals surface area contributed by atoms with E-state index in [1.54, 1.807) is 31.4 Å². The number of rotatable bonds is 6. The average molecular weight is 380 g/mol. The van der Waals surface area contributed by atoms with Crippen LogP contribution in [0.3, 0.4) is 0 Å². The van der Waals surface area contributed by atoms with Crippen LogP contribution in [-0.2, 0) is 6.42 Å². The first-order chi connectivity index (χ1) is 13.6. The summed E-state index contributed by atoms with van der Waals surface area (Å²) in [6.45, 7) is 4.34. The van der Waals surface area contributed by atoms with E-state index in [-0.39, 0.29) is 11.8 Å². The summed E-state index contributed by atoms with van der Waals surface area (Å²) in [5.74, 6) is 1.35. The first-order valence-electron chi connectivity index (χ1n) is 9.87. The van der Waals surface area contributed by atoms with Crippen LogP contribution in [0.1, 0.15) is 46.0 Å². The quantitative estimate of drug-likeness (QED) is 0.834. The van der Waals surface area contributed by atoms with E-state index >= 15 is 0 Å². The molecule has 0 spiro atoms. The van der Waals surface area contributed by atoms with Crippen LogP contribution >= 0.6 is 0 Å². The number of benzene rings is 2. The highest BCUT2D eigenvalue weighted by atomic mass is 16.5. The van der Waals surface area contributed by atoms with Gasteiger partial charge in [0.2, 0.25) is 0 Å². The third-order valence-electron chi connectivity index (χ3n) is 5.30. The first kappa shape index (κ1) is 19.9. The van der Waals surface area contributed by atoms with Gasteiger partial charge >= 0.3 is 0 Å². The monoisotopic (exact) mass is 380 g/mol. The Labute approximate surface area is 166 Å². The molecule has 2 aromatic carbocycles. The summed E-state index contributed by atoms with van der Waals surface area (Å²) in [6.07, 6.45) is 2.81. The number of hydrogen-bond acceptors (Lipinski definition) is 3. The summed E-state index contributed by atoms with van der Waals surface area (Å²) < 4.78 is 5.15. The third-order valence-corrected chi connectivity index (χ3v) is 5.30. The van der Waals surface area contributed by atoms with Crippen molar-refractivity contribution >= 4 is 11.8 Å². The molecular formula is C23H28N2O3. The molecule has 2 aromatic rings. The van der Waals surface area contributed by atoms with Gasteiger partial charge in [0.25, 0.3) is 11.8 Å². The van der Waals surface area contributed by atoms with Gasteiger partial charge in [-0.25, -0.2) is 0 Å². The normalized spacial score (nSPS) is 14.6. The van der Waals surface area contributed by atoms with Crippen LogP contribution in [0.5, 0.6) is 5.75 Å². The summed E-state index contributed by atoms with van der Waals surface area (Å²) in [6, 6.07) is 14.8. The molecule has 1 aliphatic heterocycles. The van der Waals surface area contributed by atoms with Gasteiger partial charge in [-0.3, -0.25) is 9.59 Å². The van der Waals surface area contributed by atoms with E-state index in [2.05, 4.69) is 12.2 Å². The molecule has 0 radical (unpaired) electrons. The molecule has 1 heterocycles. The molecule has 0 bridgehead atoms. The minimum absolute atomic E-state index is 0.0137. The van der Waals surface area contributed by atoms with Gasteiger partial charge in [-0.1, -0.05) is 25.1 Å². The molecule has 5 nitrogen and oxygen atoms in total. The van der Waals surface area contributed by atoms with E-state index in [1.165, 1.54) is 0 Å². The number of piperidine rings is 1. The molecular weight excluding hydrogens is 352 g/mol. The number of methoxy groups -OCH3 is 1. The van der Waals surface area contributed by atoms with E-state index in [0.29, 0.717) is 23.6 Å². The second-order valence-electron chi connectivity index (χ2n) is 7.41. The summed E-state index contributed by atoms with van der Waals surface area (Å²) >= 11 is 0. The van der Waals surface area contributed by atoms with E-state index in [9.17, 15) is 9.59 Å². The lowest BCUT2D eigenvalue weighted by atomic mass is 9.98. The number of carbonyl (C=O) groups is 2. The maximum absolute atomic E-state index is 12.7. The largest absolute Gasteiger partial charge is 0.497 e. The Hall–Kier alpha value is -2.82. The minimum Gasteiger partial charge on any atom is -0.497 e. The zero-order valence-corrected chi connectivity index (χ0v) is 16.6. The molecule has 1 N–H and O–H groups in total. The second kappa shape index (κ2) is 9.40. The molecule has 3 rings (SSSR count). The zero-order valence-electron chi connectivity index (χ0n) is 16.6. The van der Waals surface area contributed by atoms with Gasteiger partial charge in [0.05, 0.1) is 7.11 Å². The topological polar surface area (TPSA) is 58.6 Å². The Kier molecular flexibility index (Phi) is 6.69. The minimum atomic E-state index is -0.157. The second-order valence-corrected chi connectivity index (χ2v) is 7.41. The molecule has 1 fully saturated rings. The lowest BCUT2D eigenvalue weighted by Crippen LogP contribution is -2.38. The molecule has 0 unspecified atom stereocenters. The number of carbonyl (C=O) groups excluding carboxylic acids is 2. The number of hydrogen-bond donors (Lipinski definition) is 1. The lowest BCUT2D eigenvalue weighted by molar-refractivity contribution is 0.0697. The summed E-state index contributed by atoms with van der Waals surface area (Å²) in [5.41, 5.74) is 2.23. The SMILES string of the molecule is COc1ccc(CCNC(=O)c2cccc(C(=O)N3CCC(C)CC3)c2)cc1. The maximum Gasteiger partial charge on any atom is 0.253 e. The smallest absolute Gasteiger partial charge is 0.253 e. The van der Waals surface area contributed by atoms with Gasteiger partial charge < -0.3 is 15.0 Å². The molecule has 28 heavy (non-hydrogen) atoms. The fourth-order valence-electron chi connectivity index (χ4n) is 3.40. The van der Waals surface area contributed by atoms with Crippen molar-refractivity contribution in [2.45, 2.75) is 26.2 Å². The van der Waals surface area contributed by atoms with E-state index in [0.717, 1.165) is 43.7 Å². The Bertz CT molecular complexity index is 809. The molecule has 0 saturated carbocycles. The number of nitrogens with one attached hydrogen (secondary N) is 1. The maximum atomic E-state index is 12.7. The van der Waals surface area contributed by atoms with Crippen LogP contribution < -0.4 is 10.1 Å². The van der Waals surface area contributed by atoms with Crippen LogP contribution in [-0.4, -0.2) is 43.5 Å². The van der Waals surface area contributed by atoms with Crippen molar-refractivity contribution in [3.05, 3.63) is 65.2 Å². The van der Waals surface area contributed by atoms with Crippen molar-refractivity contribution in [3.8, 4) is 5.75 Å². The average Bonchev–Trinajstić information content (AvgIpc) is 2.74. The molecule has 5 heteroatoms. The Morgan fingerprint density at radius 1 is 1.07 bits per heavy atom. The first-order valence-corrected chi connectivity index (χ1v) is 9.87. The van der Waals surface area contributed by atoms with Crippen molar-refractivity contribution in [1.82, 2.24) is 10.2 Å². The van der Waals surface area contributed by atoms with Crippen molar-refractivity contribution in [1.29, 1.82) is 0 Å². The molecule has 1 aliphatic rings. The fraction of sp³-hybridized carbons (Fsp3) is 0.391. The summed E-state index contributed by atoms with van der Waals surface area (Å²) in [5, 5.41) is 2.93. The van der Waals surface area contributed by atoms with Gasteiger partial charge in [0.15, 0.2) is 0 Å². The van der Waals surface area contributed by atoms with Crippen LogP contribution in [0.25, 0.3) is 0 Å². The molecule has 0 aliphatic carbocycles. The fourth-order valence-corrected chi connectivity index (χ4v) is 3.40. The number of likely N-dealkylation sites (tertiary alicyclic amines) is 1. The summed E-state index contributed by atoms with van der Waals surface area (Å²) in [4.78, 5) is 27.1. The Morgan fingerprint density at radius 2 is 1.75 bits per heavy atom. The van der Waals surface area contributed by atoms with Crippen LogP contribution in [0.4, 0.5) is 0 Å². The van der Waals surface area contributed by atoms with Crippen molar-refractivity contribution in [2.24, 2.45) is 5.92 Å².